The zero-order chi connectivity index (χ0) is 22.6. The minimum atomic E-state index is -3.72. The fourth-order valence-corrected chi connectivity index (χ4v) is 5.24. The molecule has 0 aliphatic carbocycles. The molecule has 2 aromatic rings. The number of carbonyl (C=O) groups excluding carboxylic acids is 1. The summed E-state index contributed by atoms with van der Waals surface area (Å²) in [5, 5.41) is 2.76. The number of nitrogens with zero attached hydrogens (tertiary/aromatic N) is 1. The van der Waals surface area contributed by atoms with Crippen LogP contribution in [0.2, 0.25) is 0 Å². The van der Waals surface area contributed by atoms with Gasteiger partial charge in [0.1, 0.15) is 16.4 Å². The van der Waals surface area contributed by atoms with Crippen LogP contribution in [0, 0.1) is 13.8 Å². The number of piperidine rings is 1. The average molecular weight is 447 g/mol. The van der Waals surface area contributed by atoms with Crippen molar-refractivity contribution >= 4 is 21.6 Å². The maximum Gasteiger partial charge on any atom is 0.265 e. The molecule has 31 heavy (non-hydrogen) atoms. The number of hydrogen-bond donors (Lipinski definition) is 1. The zero-order valence-corrected chi connectivity index (χ0v) is 19.3. The van der Waals surface area contributed by atoms with Crippen molar-refractivity contribution in [3.05, 3.63) is 47.5 Å². The smallest absolute Gasteiger partial charge is 0.265 e. The van der Waals surface area contributed by atoms with E-state index in [2.05, 4.69) is 5.32 Å². The van der Waals surface area contributed by atoms with Crippen LogP contribution in [0.25, 0.3) is 0 Å². The zero-order valence-electron chi connectivity index (χ0n) is 18.5. The third kappa shape index (κ3) is 5.19. The van der Waals surface area contributed by atoms with E-state index in [1.165, 1.54) is 17.5 Å². The molecule has 2 aromatic carbocycles. The highest BCUT2D eigenvalue weighted by molar-refractivity contribution is 7.89. The van der Waals surface area contributed by atoms with Gasteiger partial charge in [0.25, 0.3) is 5.91 Å². The Bertz CT molecular complexity index is 1050. The molecule has 1 amide bonds. The van der Waals surface area contributed by atoms with E-state index < -0.39 is 16.1 Å². The quantitative estimate of drug-likeness (QED) is 0.697. The lowest BCUT2D eigenvalue weighted by atomic mass is 10.1. The van der Waals surface area contributed by atoms with Gasteiger partial charge in [0.05, 0.1) is 7.11 Å². The summed E-state index contributed by atoms with van der Waals surface area (Å²) in [6, 6.07) is 10.3. The third-order valence-corrected chi connectivity index (χ3v) is 7.51. The summed E-state index contributed by atoms with van der Waals surface area (Å²) in [7, 11) is -2.28. The number of benzene rings is 2. The van der Waals surface area contributed by atoms with Crippen LogP contribution in [-0.4, -0.2) is 44.9 Å². The topological polar surface area (TPSA) is 84.9 Å². The summed E-state index contributed by atoms with van der Waals surface area (Å²) < 4.78 is 38.9. The van der Waals surface area contributed by atoms with E-state index in [0.29, 0.717) is 24.5 Å². The van der Waals surface area contributed by atoms with E-state index in [1.54, 1.807) is 19.1 Å². The molecule has 0 saturated carbocycles. The Hall–Kier alpha value is -2.58. The molecule has 8 heteroatoms. The van der Waals surface area contributed by atoms with Gasteiger partial charge in [0.15, 0.2) is 6.10 Å². The third-order valence-electron chi connectivity index (χ3n) is 5.59. The molecule has 1 heterocycles. The monoisotopic (exact) mass is 446 g/mol. The van der Waals surface area contributed by atoms with E-state index in [0.717, 1.165) is 30.4 Å². The molecule has 1 fully saturated rings. The number of anilines is 1. The molecule has 1 saturated heterocycles. The predicted octanol–water partition coefficient (Wildman–Crippen LogP) is 3.89. The lowest BCUT2D eigenvalue weighted by Gasteiger charge is -2.26. The van der Waals surface area contributed by atoms with Gasteiger partial charge in [-0.1, -0.05) is 18.6 Å². The van der Waals surface area contributed by atoms with Gasteiger partial charge in [0.2, 0.25) is 10.0 Å². The number of nitrogens with one attached hydrogen (secondary N) is 1. The number of aryl methyl sites for hydroxylation is 1. The first kappa shape index (κ1) is 23.1. The number of ether oxygens (including phenoxy) is 2. The van der Waals surface area contributed by atoms with Gasteiger partial charge >= 0.3 is 0 Å². The van der Waals surface area contributed by atoms with Crippen LogP contribution < -0.4 is 14.8 Å². The molecule has 3 rings (SSSR count). The summed E-state index contributed by atoms with van der Waals surface area (Å²) in [4.78, 5) is 12.8. The van der Waals surface area contributed by atoms with E-state index in [1.807, 2.05) is 32.0 Å². The van der Waals surface area contributed by atoms with Gasteiger partial charge in [-0.2, -0.15) is 4.31 Å². The molecule has 1 aliphatic rings. The van der Waals surface area contributed by atoms with Crippen molar-refractivity contribution in [1.29, 1.82) is 0 Å². The Kier molecular flexibility index (Phi) is 7.23. The maximum absolute atomic E-state index is 13.2. The van der Waals surface area contributed by atoms with Crippen molar-refractivity contribution in [2.75, 3.05) is 25.5 Å². The van der Waals surface area contributed by atoms with Crippen LogP contribution in [0.3, 0.4) is 0 Å². The molecule has 0 spiro atoms. The summed E-state index contributed by atoms with van der Waals surface area (Å²) in [6.45, 7) is 6.56. The van der Waals surface area contributed by atoms with Crippen molar-refractivity contribution in [3.63, 3.8) is 0 Å². The first-order valence-corrected chi connectivity index (χ1v) is 11.9. The highest BCUT2D eigenvalue weighted by Crippen LogP contribution is 2.31. The maximum atomic E-state index is 13.2. The summed E-state index contributed by atoms with van der Waals surface area (Å²) in [6.07, 6.45) is 1.94. The van der Waals surface area contributed by atoms with Crippen LogP contribution in [0.1, 0.15) is 37.3 Å². The molecule has 1 aliphatic heterocycles. The Balaban J connectivity index is 1.79. The van der Waals surface area contributed by atoms with E-state index in [-0.39, 0.29) is 16.6 Å². The van der Waals surface area contributed by atoms with Crippen molar-refractivity contribution in [2.24, 2.45) is 0 Å². The van der Waals surface area contributed by atoms with Crippen LogP contribution >= 0.6 is 0 Å². The second-order valence-electron chi connectivity index (χ2n) is 7.78. The predicted molar refractivity (Wildman–Crippen MR) is 120 cm³/mol. The first-order chi connectivity index (χ1) is 14.7. The van der Waals surface area contributed by atoms with E-state index >= 15 is 0 Å². The molecule has 1 N–H and O–H groups in total. The van der Waals surface area contributed by atoms with Gasteiger partial charge in [-0.25, -0.2) is 8.42 Å². The lowest BCUT2D eigenvalue weighted by molar-refractivity contribution is -0.122. The molecule has 0 aromatic heterocycles. The summed E-state index contributed by atoms with van der Waals surface area (Å²) >= 11 is 0. The minimum Gasteiger partial charge on any atom is -0.495 e. The van der Waals surface area contributed by atoms with Crippen LogP contribution in [0.5, 0.6) is 11.5 Å². The normalized spacial score (nSPS) is 15.9. The molecule has 168 valence electrons. The first-order valence-electron chi connectivity index (χ1n) is 10.5. The van der Waals surface area contributed by atoms with Crippen molar-refractivity contribution in [3.8, 4) is 11.5 Å². The molecule has 1 atom stereocenters. The van der Waals surface area contributed by atoms with Gasteiger partial charge in [-0.05, 0) is 69.0 Å². The molecule has 7 nitrogen and oxygen atoms in total. The largest absolute Gasteiger partial charge is 0.495 e. The van der Waals surface area contributed by atoms with Gasteiger partial charge in [-0.15, -0.1) is 0 Å². The Morgan fingerprint density at radius 3 is 2.45 bits per heavy atom. The number of methoxy groups -OCH3 is 1. The van der Waals surface area contributed by atoms with Gasteiger partial charge < -0.3 is 14.8 Å². The van der Waals surface area contributed by atoms with Gasteiger partial charge in [0, 0.05) is 18.8 Å². The molecular formula is C23H30N2O5S. The molecule has 0 radical (unpaired) electrons. The Labute approximate surface area is 184 Å². The number of sulfonamides is 1. The Morgan fingerprint density at radius 2 is 1.77 bits per heavy atom. The highest BCUT2D eigenvalue weighted by Gasteiger charge is 2.29. The lowest BCUT2D eigenvalue weighted by Crippen LogP contribution is -2.36. The van der Waals surface area contributed by atoms with Crippen LogP contribution in [0.15, 0.2) is 41.3 Å². The standard InChI is InChI=1S/C23H30N2O5S/c1-16-9-8-10-20(17(16)2)30-18(3)23(26)24-19-11-12-21(29-4)22(15-19)31(27,28)25-13-6-5-7-14-25/h8-12,15,18H,5-7,13-14H2,1-4H3,(H,24,26)/t18-/m0/s1. The van der Waals surface area contributed by atoms with Gasteiger partial charge in [-0.3, -0.25) is 4.79 Å². The molecule has 0 bridgehead atoms. The average Bonchev–Trinajstić information content (AvgIpc) is 2.77. The van der Waals surface area contributed by atoms with Crippen molar-refractivity contribution in [2.45, 2.75) is 51.0 Å². The molecular weight excluding hydrogens is 416 g/mol. The molecule has 0 unspecified atom stereocenters. The van der Waals surface area contributed by atoms with Crippen molar-refractivity contribution in [1.82, 2.24) is 4.31 Å². The van der Waals surface area contributed by atoms with E-state index in [4.69, 9.17) is 9.47 Å². The summed E-state index contributed by atoms with van der Waals surface area (Å²) in [5.74, 6) is 0.529. The fraction of sp³-hybridized carbons (Fsp3) is 0.435. The highest BCUT2D eigenvalue weighted by atomic mass is 32.2. The SMILES string of the molecule is COc1ccc(NC(=O)[C@H](C)Oc2cccc(C)c2C)cc1S(=O)(=O)N1CCCCC1. The Morgan fingerprint density at radius 1 is 1.06 bits per heavy atom. The number of carbonyl (C=O) groups is 1. The minimum absolute atomic E-state index is 0.0535. The van der Waals surface area contributed by atoms with Crippen LogP contribution in [-0.2, 0) is 14.8 Å². The fourth-order valence-electron chi connectivity index (χ4n) is 3.54. The number of rotatable bonds is 7. The second-order valence-corrected chi connectivity index (χ2v) is 9.68. The summed E-state index contributed by atoms with van der Waals surface area (Å²) in [5.41, 5.74) is 2.42. The van der Waals surface area contributed by atoms with Crippen molar-refractivity contribution < 1.29 is 22.7 Å². The van der Waals surface area contributed by atoms with E-state index in [9.17, 15) is 13.2 Å². The second kappa shape index (κ2) is 9.70. The van der Waals surface area contributed by atoms with Crippen LogP contribution in [0.4, 0.5) is 5.69 Å². The number of amides is 1. The number of hydrogen-bond acceptors (Lipinski definition) is 5.